The highest BCUT2D eigenvalue weighted by Gasteiger charge is 2.40. The van der Waals surface area contributed by atoms with Gasteiger partial charge in [0.2, 0.25) is 0 Å². The maximum Gasteiger partial charge on any atom is 0.416 e. The van der Waals surface area contributed by atoms with Gasteiger partial charge in [0.25, 0.3) is 5.91 Å². The molecule has 0 atom stereocenters. The number of hydrogen-bond acceptors (Lipinski definition) is 3. The van der Waals surface area contributed by atoms with Crippen molar-refractivity contribution in [3.63, 3.8) is 0 Å². The largest absolute Gasteiger partial charge is 0.416 e. The summed E-state index contributed by atoms with van der Waals surface area (Å²) in [5.41, 5.74) is -2.31. The molecule has 1 fully saturated rings. The van der Waals surface area contributed by atoms with Gasteiger partial charge in [-0.2, -0.15) is 13.2 Å². The molecule has 23 heavy (non-hydrogen) atoms. The zero-order chi connectivity index (χ0) is 17.1. The Morgan fingerprint density at radius 2 is 2.00 bits per heavy atom. The van der Waals surface area contributed by atoms with Crippen molar-refractivity contribution in [1.29, 1.82) is 0 Å². The van der Waals surface area contributed by atoms with Crippen LogP contribution < -0.4 is 10.6 Å². The topological polar surface area (TPSA) is 50.4 Å². The predicted molar refractivity (Wildman–Crippen MR) is 75.1 cm³/mol. The number of hydrogen-bond donors (Lipinski definition) is 2. The van der Waals surface area contributed by atoms with E-state index >= 15 is 0 Å². The minimum Gasteiger partial charge on any atom is -0.368 e. The molecule has 0 spiro atoms. The average Bonchev–Trinajstić information content (AvgIpc) is 2.53. The number of amides is 1. The van der Waals surface area contributed by atoms with Crippen molar-refractivity contribution >= 4 is 5.91 Å². The Morgan fingerprint density at radius 1 is 1.35 bits per heavy atom. The summed E-state index contributed by atoms with van der Waals surface area (Å²) in [4.78, 5) is 12.3. The van der Waals surface area contributed by atoms with Gasteiger partial charge in [-0.15, -0.1) is 0 Å². The molecule has 0 aromatic heterocycles. The van der Waals surface area contributed by atoms with Crippen molar-refractivity contribution in [2.24, 2.45) is 0 Å². The van der Waals surface area contributed by atoms with Gasteiger partial charge in [0.1, 0.15) is 11.4 Å². The lowest BCUT2D eigenvalue weighted by atomic mass is 9.91. The van der Waals surface area contributed by atoms with Crippen LogP contribution in [0.15, 0.2) is 18.2 Å². The number of halogens is 4. The van der Waals surface area contributed by atoms with Crippen LogP contribution in [0.25, 0.3) is 0 Å². The third-order valence-electron chi connectivity index (χ3n) is 4.03. The number of carbonyl (C=O) groups is 1. The first kappa shape index (κ1) is 17.7. The number of nitrogens with one attached hydrogen (secondary N) is 2. The Labute approximate surface area is 131 Å². The first-order chi connectivity index (χ1) is 10.8. The molecule has 0 radical (unpaired) electrons. The lowest BCUT2D eigenvalue weighted by molar-refractivity contribution is -0.147. The molecule has 2 rings (SSSR count). The molecule has 2 N–H and O–H groups in total. The zero-order valence-corrected chi connectivity index (χ0v) is 12.6. The predicted octanol–water partition coefficient (Wildman–Crippen LogP) is 2.23. The summed E-state index contributed by atoms with van der Waals surface area (Å²) in [5, 5.41) is 5.57. The Morgan fingerprint density at radius 3 is 2.57 bits per heavy atom. The highest BCUT2D eigenvalue weighted by molar-refractivity contribution is 5.85. The van der Waals surface area contributed by atoms with Gasteiger partial charge in [0.15, 0.2) is 0 Å². The quantitative estimate of drug-likeness (QED) is 0.831. The second-order valence-corrected chi connectivity index (χ2v) is 5.43. The Kier molecular flexibility index (Phi) is 5.26. The molecule has 8 heteroatoms. The summed E-state index contributed by atoms with van der Waals surface area (Å²) in [5.74, 6) is -1.43. The van der Waals surface area contributed by atoms with Crippen molar-refractivity contribution < 1.29 is 27.1 Å². The van der Waals surface area contributed by atoms with Crippen molar-refractivity contribution in [2.45, 2.75) is 31.2 Å². The molecule has 1 aliphatic heterocycles. The van der Waals surface area contributed by atoms with Crippen LogP contribution in [0.1, 0.15) is 24.0 Å². The molecule has 0 bridgehead atoms. The first-order valence-electron chi connectivity index (χ1n) is 7.18. The number of benzene rings is 1. The van der Waals surface area contributed by atoms with Gasteiger partial charge in [-0.05, 0) is 43.6 Å². The van der Waals surface area contributed by atoms with Gasteiger partial charge in [-0.3, -0.25) is 4.79 Å². The molecule has 0 saturated carbocycles. The highest BCUT2D eigenvalue weighted by Crippen LogP contribution is 2.32. The third kappa shape index (κ3) is 4.00. The van der Waals surface area contributed by atoms with E-state index in [2.05, 4.69) is 10.6 Å². The molecular weight excluding hydrogens is 316 g/mol. The highest BCUT2D eigenvalue weighted by atomic mass is 19.4. The Bertz CT molecular complexity index is 569. The number of methoxy groups -OCH3 is 1. The summed E-state index contributed by atoms with van der Waals surface area (Å²) < 4.78 is 57.2. The van der Waals surface area contributed by atoms with Crippen LogP contribution >= 0.6 is 0 Å². The normalized spacial score (nSPS) is 17.8. The van der Waals surface area contributed by atoms with Crippen LogP contribution in [0.3, 0.4) is 0 Å². The Balaban J connectivity index is 2.13. The fraction of sp³-hybridized carbons (Fsp3) is 0.533. The van der Waals surface area contributed by atoms with Crippen molar-refractivity contribution in [1.82, 2.24) is 10.6 Å². The van der Waals surface area contributed by atoms with Crippen LogP contribution in [0.2, 0.25) is 0 Å². The molecule has 0 unspecified atom stereocenters. The number of ether oxygens (including phenoxy) is 1. The maximum absolute atomic E-state index is 13.1. The summed E-state index contributed by atoms with van der Waals surface area (Å²) in [6.45, 7) is 0.837. The number of rotatable bonds is 4. The summed E-state index contributed by atoms with van der Waals surface area (Å²) in [7, 11) is 1.41. The summed E-state index contributed by atoms with van der Waals surface area (Å²) >= 11 is 0. The fourth-order valence-electron chi connectivity index (χ4n) is 2.66. The molecule has 1 heterocycles. The van der Waals surface area contributed by atoms with Gasteiger partial charge in [-0.25, -0.2) is 4.39 Å². The van der Waals surface area contributed by atoms with Crippen molar-refractivity contribution in [3.05, 3.63) is 35.1 Å². The van der Waals surface area contributed by atoms with Gasteiger partial charge < -0.3 is 15.4 Å². The second-order valence-electron chi connectivity index (χ2n) is 5.43. The van der Waals surface area contributed by atoms with E-state index < -0.39 is 29.1 Å². The molecule has 1 aliphatic rings. The van der Waals surface area contributed by atoms with E-state index in [1.165, 1.54) is 7.11 Å². The molecule has 1 aromatic carbocycles. The molecule has 1 aromatic rings. The Hall–Kier alpha value is -1.67. The van der Waals surface area contributed by atoms with Crippen molar-refractivity contribution in [2.75, 3.05) is 20.2 Å². The molecule has 1 amide bonds. The standard InChI is InChI=1S/C15H18F4N2O2/c1-23-14(4-6-20-7-5-14)13(22)21-9-10-2-3-11(16)8-12(10)15(17,18)19/h2-3,8,20H,4-7,9H2,1H3,(H,21,22). The van der Waals surface area contributed by atoms with Gasteiger partial charge in [0, 0.05) is 13.7 Å². The summed E-state index contributed by atoms with van der Waals surface area (Å²) in [6.07, 6.45) is -3.81. The molecule has 0 aliphatic carbocycles. The molecule has 128 valence electrons. The van der Waals surface area contributed by atoms with Gasteiger partial charge >= 0.3 is 6.18 Å². The van der Waals surface area contributed by atoms with Gasteiger partial charge in [-0.1, -0.05) is 6.07 Å². The lowest BCUT2D eigenvalue weighted by Crippen LogP contribution is -2.54. The SMILES string of the molecule is COC1(C(=O)NCc2ccc(F)cc2C(F)(F)F)CCNCC1. The number of piperidine rings is 1. The number of carbonyl (C=O) groups excluding carboxylic acids is 1. The van der Waals surface area contributed by atoms with E-state index in [9.17, 15) is 22.4 Å². The monoisotopic (exact) mass is 334 g/mol. The van der Waals surface area contributed by atoms with Gasteiger partial charge in [0.05, 0.1) is 5.56 Å². The number of alkyl halides is 3. The fourth-order valence-corrected chi connectivity index (χ4v) is 2.66. The smallest absolute Gasteiger partial charge is 0.368 e. The summed E-state index contributed by atoms with van der Waals surface area (Å²) in [6, 6.07) is 2.39. The van der Waals surface area contributed by atoms with E-state index in [0.717, 1.165) is 12.1 Å². The van der Waals surface area contributed by atoms with Crippen LogP contribution in [0, 0.1) is 5.82 Å². The lowest BCUT2D eigenvalue weighted by Gasteiger charge is -2.34. The molecule has 4 nitrogen and oxygen atoms in total. The molecular formula is C15H18F4N2O2. The van der Waals surface area contributed by atoms with Crippen LogP contribution in [-0.2, 0) is 22.3 Å². The van der Waals surface area contributed by atoms with E-state index in [-0.39, 0.29) is 12.1 Å². The van der Waals surface area contributed by atoms with E-state index in [1.807, 2.05) is 0 Å². The average molecular weight is 334 g/mol. The maximum atomic E-state index is 13.1. The van der Waals surface area contributed by atoms with Crippen molar-refractivity contribution in [3.8, 4) is 0 Å². The second kappa shape index (κ2) is 6.84. The minimum absolute atomic E-state index is 0.188. The first-order valence-corrected chi connectivity index (χ1v) is 7.18. The van der Waals surface area contributed by atoms with E-state index in [0.29, 0.717) is 32.0 Å². The third-order valence-corrected chi connectivity index (χ3v) is 4.03. The van der Waals surface area contributed by atoms with Crippen LogP contribution in [0.4, 0.5) is 17.6 Å². The van der Waals surface area contributed by atoms with E-state index in [1.54, 1.807) is 0 Å². The minimum atomic E-state index is -4.68. The van der Waals surface area contributed by atoms with Crippen LogP contribution in [0.5, 0.6) is 0 Å². The molecule has 1 saturated heterocycles. The van der Waals surface area contributed by atoms with E-state index in [4.69, 9.17) is 4.74 Å². The van der Waals surface area contributed by atoms with Crippen LogP contribution in [-0.4, -0.2) is 31.7 Å². The zero-order valence-electron chi connectivity index (χ0n) is 12.6.